The van der Waals surface area contributed by atoms with Crippen LogP contribution >= 0.6 is 0 Å². The zero-order valence-electron chi connectivity index (χ0n) is 15.8. The molecule has 0 saturated carbocycles. The number of ether oxygens (including phenoxy) is 1. The number of piperazine rings is 1. The Morgan fingerprint density at radius 3 is 2.52 bits per heavy atom. The molecule has 0 aromatic heterocycles. The summed E-state index contributed by atoms with van der Waals surface area (Å²) < 4.78 is 5.44. The Hall–Kier alpha value is -2.20. The molecule has 0 aromatic rings. The summed E-state index contributed by atoms with van der Waals surface area (Å²) in [6.45, 7) is 6.28. The third-order valence-electron chi connectivity index (χ3n) is 5.46. The van der Waals surface area contributed by atoms with E-state index in [2.05, 4.69) is 10.7 Å². The standard InChI is InChI=1S/C17H27N5O5/c1-3-17(2)15(25)22(16(26)18-17)19-13(23)11-20-6-8-21(9-7-20)14(24)12-5-4-10-27-12/h12H,3-11H2,1-2H3,(H,18,26)(H,19,23). The molecule has 0 aliphatic carbocycles. The van der Waals surface area contributed by atoms with E-state index >= 15 is 0 Å². The van der Waals surface area contributed by atoms with E-state index in [0.717, 1.165) is 17.9 Å². The van der Waals surface area contributed by atoms with Gasteiger partial charge in [0.2, 0.25) is 0 Å². The minimum atomic E-state index is -0.987. The molecule has 2 unspecified atom stereocenters. The van der Waals surface area contributed by atoms with Crippen LogP contribution in [-0.2, 0) is 19.1 Å². The Bertz CT molecular complexity index is 627. The van der Waals surface area contributed by atoms with Gasteiger partial charge in [0.05, 0.1) is 6.54 Å². The largest absolute Gasteiger partial charge is 0.368 e. The second-order valence-electron chi connectivity index (χ2n) is 7.39. The average molecular weight is 381 g/mol. The predicted molar refractivity (Wildman–Crippen MR) is 94.2 cm³/mol. The Morgan fingerprint density at radius 2 is 1.96 bits per heavy atom. The van der Waals surface area contributed by atoms with Gasteiger partial charge in [0.25, 0.3) is 17.7 Å². The van der Waals surface area contributed by atoms with Crippen LogP contribution in [0.4, 0.5) is 4.79 Å². The van der Waals surface area contributed by atoms with E-state index in [0.29, 0.717) is 39.2 Å². The molecule has 2 atom stereocenters. The Balaban J connectivity index is 1.45. The zero-order valence-corrected chi connectivity index (χ0v) is 15.8. The van der Waals surface area contributed by atoms with Gasteiger partial charge in [0.15, 0.2) is 0 Å². The first kappa shape index (κ1) is 19.6. The highest BCUT2D eigenvalue weighted by Gasteiger charge is 2.47. The number of hydrazine groups is 1. The average Bonchev–Trinajstić information content (AvgIpc) is 3.26. The lowest BCUT2D eigenvalue weighted by Gasteiger charge is -2.35. The number of urea groups is 1. The van der Waals surface area contributed by atoms with E-state index in [1.54, 1.807) is 18.7 Å². The number of nitrogens with one attached hydrogen (secondary N) is 2. The van der Waals surface area contributed by atoms with Gasteiger partial charge in [-0.1, -0.05) is 6.92 Å². The predicted octanol–water partition coefficient (Wildman–Crippen LogP) is -0.939. The molecule has 3 aliphatic rings. The fraction of sp³-hybridized carbons (Fsp3) is 0.765. The van der Waals surface area contributed by atoms with Crippen molar-refractivity contribution >= 4 is 23.8 Å². The molecular weight excluding hydrogens is 354 g/mol. The summed E-state index contributed by atoms with van der Waals surface area (Å²) in [5.74, 6) is -0.872. The van der Waals surface area contributed by atoms with Gasteiger partial charge >= 0.3 is 6.03 Å². The van der Waals surface area contributed by atoms with Gasteiger partial charge in [-0.3, -0.25) is 24.7 Å². The number of nitrogens with zero attached hydrogens (tertiary/aromatic N) is 3. The molecule has 150 valence electrons. The number of hydrogen-bond donors (Lipinski definition) is 2. The van der Waals surface area contributed by atoms with Crippen molar-refractivity contribution in [2.24, 2.45) is 0 Å². The minimum absolute atomic E-state index is 0.0230. The Labute approximate surface area is 158 Å². The summed E-state index contributed by atoms with van der Waals surface area (Å²) in [6.07, 6.45) is 1.79. The SMILES string of the molecule is CCC1(C)NC(=O)N(NC(=O)CN2CCN(C(=O)C3CCCO3)CC2)C1=O. The van der Waals surface area contributed by atoms with Crippen LogP contribution in [0.25, 0.3) is 0 Å². The molecular formula is C17H27N5O5. The van der Waals surface area contributed by atoms with Gasteiger partial charge in [-0.05, 0) is 26.2 Å². The number of imide groups is 1. The number of amides is 5. The maximum Gasteiger partial charge on any atom is 0.344 e. The van der Waals surface area contributed by atoms with Gasteiger partial charge in [-0.15, -0.1) is 0 Å². The first-order valence-electron chi connectivity index (χ1n) is 9.43. The highest BCUT2D eigenvalue weighted by Crippen LogP contribution is 2.19. The second kappa shape index (κ2) is 7.81. The lowest BCUT2D eigenvalue weighted by Crippen LogP contribution is -2.55. The van der Waals surface area contributed by atoms with E-state index < -0.39 is 23.4 Å². The van der Waals surface area contributed by atoms with Crippen molar-refractivity contribution in [1.82, 2.24) is 25.6 Å². The van der Waals surface area contributed by atoms with Crippen LogP contribution < -0.4 is 10.7 Å². The molecule has 3 fully saturated rings. The number of carbonyl (C=O) groups excluding carboxylic acids is 4. The van der Waals surface area contributed by atoms with Crippen LogP contribution in [0.3, 0.4) is 0 Å². The van der Waals surface area contributed by atoms with Crippen LogP contribution in [0.2, 0.25) is 0 Å². The summed E-state index contributed by atoms with van der Waals surface area (Å²) in [5.41, 5.74) is 1.40. The smallest absolute Gasteiger partial charge is 0.344 e. The van der Waals surface area contributed by atoms with E-state index in [9.17, 15) is 19.2 Å². The monoisotopic (exact) mass is 381 g/mol. The summed E-state index contributed by atoms with van der Waals surface area (Å²) >= 11 is 0. The number of carbonyl (C=O) groups is 4. The molecule has 3 heterocycles. The fourth-order valence-electron chi connectivity index (χ4n) is 3.49. The van der Waals surface area contributed by atoms with Crippen molar-refractivity contribution in [3.05, 3.63) is 0 Å². The van der Waals surface area contributed by atoms with Gasteiger partial charge in [-0.25, -0.2) is 4.79 Å². The van der Waals surface area contributed by atoms with E-state index in [1.165, 1.54) is 0 Å². The second-order valence-corrected chi connectivity index (χ2v) is 7.39. The molecule has 3 rings (SSSR count). The van der Waals surface area contributed by atoms with Gasteiger partial charge in [-0.2, -0.15) is 5.01 Å². The first-order valence-corrected chi connectivity index (χ1v) is 9.43. The number of rotatable bonds is 5. The van der Waals surface area contributed by atoms with Gasteiger partial charge in [0, 0.05) is 32.8 Å². The van der Waals surface area contributed by atoms with Crippen molar-refractivity contribution in [2.45, 2.75) is 44.8 Å². The van der Waals surface area contributed by atoms with Gasteiger partial charge < -0.3 is 15.0 Å². The third kappa shape index (κ3) is 4.06. The van der Waals surface area contributed by atoms with Gasteiger partial charge in [0.1, 0.15) is 11.6 Å². The van der Waals surface area contributed by atoms with Crippen molar-refractivity contribution in [1.29, 1.82) is 0 Å². The quantitative estimate of drug-likeness (QED) is 0.595. The highest BCUT2D eigenvalue weighted by atomic mass is 16.5. The number of hydrogen-bond acceptors (Lipinski definition) is 6. The third-order valence-corrected chi connectivity index (χ3v) is 5.46. The minimum Gasteiger partial charge on any atom is -0.368 e. The highest BCUT2D eigenvalue weighted by molar-refractivity contribution is 6.07. The molecule has 0 aromatic carbocycles. The van der Waals surface area contributed by atoms with E-state index in [1.807, 2.05) is 4.90 Å². The fourth-order valence-corrected chi connectivity index (χ4v) is 3.49. The lowest BCUT2D eigenvalue weighted by atomic mass is 10.00. The van der Waals surface area contributed by atoms with E-state index in [4.69, 9.17) is 4.74 Å². The normalized spacial score (nSPS) is 29.2. The Kier molecular flexibility index (Phi) is 5.66. The van der Waals surface area contributed by atoms with Crippen molar-refractivity contribution < 1.29 is 23.9 Å². The molecule has 0 spiro atoms. The first-order chi connectivity index (χ1) is 12.8. The topological polar surface area (TPSA) is 111 Å². The molecule has 5 amide bonds. The maximum atomic E-state index is 12.3. The van der Waals surface area contributed by atoms with Crippen molar-refractivity contribution in [2.75, 3.05) is 39.3 Å². The lowest BCUT2D eigenvalue weighted by molar-refractivity contribution is -0.143. The molecule has 10 heteroatoms. The molecule has 2 N–H and O–H groups in total. The molecule has 27 heavy (non-hydrogen) atoms. The molecule has 0 bridgehead atoms. The van der Waals surface area contributed by atoms with Crippen LogP contribution in [0.1, 0.15) is 33.1 Å². The van der Waals surface area contributed by atoms with E-state index in [-0.39, 0.29) is 18.6 Å². The molecule has 0 radical (unpaired) electrons. The molecule has 10 nitrogen and oxygen atoms in total. The summed E-state index contributed by atoms with van der Waals surface area (Å²) in [6, 6.07) is -0.621. The van der Waals surface area contributed by atoms with Crippen molar-refractivity contribution in [3.8, 4) is 0 Å². The maximum absolute atomic E-state index is 12.3. The zero-order chi connectivity index (χ0) is 19.6. The van der Waals surface area contributed by atoms with Crippen LogP contribution in [-0.4, -0.2) is 89.5 Å². The summed E-state index contributed by atoms with van der Waals surface area (Å²) in [5, 5.41) is 3.34. The van der Waals surface area contributed by atoms with Crippen LogP contribution in [0.15, 0.2) is 0 Å². The van der Waals surface area contributed by atoms with Crippen LogP contribution in [0.5, 0.6) is 0 Å². The Morgan fingerprint density at radius 1 is 1.26 bits per heavy atom. The summed E-state index contributed by atoms with van der Waals surface area (Å²) in [4.78, 5) is 52.5. The molecule has 3 aliphatic heterocycles. The van der Waals surface area contributed by atoms with Crippen LogP contribution in [0, 0.1) is 0 Å². The summed E-state index contributed by atoms with van der Waals surface area (Å²) in [7, 11) is 0. The van der Waals surface area contributed by atoms with Crippen molar-refractivity contribution in [3.63, 3.8) is 0 Å². The molecule has 3 saturated heterocycles.